The van der Waals surface area contributed by atoms with E-state index in [2.05, 4.69) is 49.2 Å². The zero-order chi connectivity index (χ0) is 22.2. The van der Waals surface area contributed by atoms with Crippen LogP contribution in [0.1, 0.15) is 11.1 Å². The smallest absolute Gasteiger partial charge is 0.193 e. The van der Waals surface area contributed by atoms with E-state index < -0.39 is 0 Å². The second-order valence-corrected chi connectivity index (χ2v) is 7.75. The number of aliphatic imine (C=N–C) groups is 1. The summed E-state index contributed by atoms with van der Waals surface area (Å²) in [5.74, 6) is 3.43. The number of benzene rings is 1. The van der Waals surface area contributed by atoms with Crippen LogP contribution in [0.5, 0.6) is 11.5 Å². The van der Waals surface area contributed by atoms with Gasteiger partial charge in [0.25, 0.3) is 0 Å². The third kappa shape index (κ3) is 6.86. The zero-order valence-electron chi connectivity index (χ0n) is 19.7. The van der Waals surface area contributed by atoms with Gasteiger partial charge < -0.3 is 29.5 Å². The number of methoxy groups -OCH3 is 2. The maximum atomic E-state index is 5.52. The molecule has 9 heteroatoms. The number of rotatable bonds is 7. The zero-order valence-corrected chi connectivity index (χ0v) is 22.0. The van der Waals surface area contributed by atoms with Crippen molar-refractivity contribution >= 4 is 35.8 Å². The highest BCUT2D eigenvalue weighted by molar-refractivity contribution is 14.0. The first-order valence-corrected chi connectivity index (χ1v) is 10.5. The van der Waals surface area contributed by atoms with Crippen molar-refractivity contribution in [3.8, 4) is 11.5 Å². The Labute approximate surface area is 208 Å². The summed E-state index contributed by atoms with van der Waals surface area (Å²) in [6, 6.07) is 10.1. The van der Waals surface area contributed by atoms with Crippen LogP contribution < -0.4 is 19.7 Å². The molecule has 176 valence electrons. The molecule has 1 aromatic carbocycles. The number of nitrogens with zero attached hydrogens (tertiary/aromatic N) is 5. The fraction of sp³-hybridized carbons (Fsp3) is 0.478. The van der Waals surface area contributed by atoms with E-state index in [1.165, 1.54) is 0 Å². The summed E-state index contributed by atoms with van der Waals surface area (Å²) >= 11 is 0. The van der Waals surface area contributed by atoms with Crippen molar-refractivity contribution in [2.24, 2.45) is 4.99 Å². The average molecular weight is 554 g/mol. The van der Waals surface area contributed by atoms with Crippen LogP contribution in [0.3, 0.4) is 0 Å². The Morgan fingerprint density at radius 3 is 2.47 bits per heavy atom. The lowest BCUT2D eigenvalue weighted by Gasteiger charge is -2.33. The van der Waals surface area contributed by atoms with E-state index in [0.717, 1.165) is 60.6 Å². The van der Waals surface area contributed by atoms with Crippen LogP contribution in [0.25, 0.3) is 0 Å². The van der Waals surface area contributed by atoms with Gasteiger partial charge in [-0.15, -0.1) is 24.0 Å². The Morgan fingerprint density at radius 1 is 1.12 bits per heavy atom. The second kappa shape index (κ2) is 12.7. The molecule has 1 N–H and O–H groups in total. The van der Waals surface area contributed by atoms with Crippen LogP contribution in [0.4, 0.5) is 5.82 Å². The lowest BCUT2D eigenvalue weighted by atomic mass is 10.2. The molecule has 0 saturated carbocycles. The minimum atomic E-state index is 0. The van der Waals surface area contributed by atoms with Crippen molar-refractivity contribution in [2.45, 2.75) is 13.1 Å². The van der Waals surface area contributed by atoms with Crippen LogP contribution in [-0.2, 0) is 13.1 Å². The predicted octanol–water partition coefficient (Wildman–Crippen LogP) is 2.68. The number of piperazine rings is 1. The maximum absolute atomic E-state index is 5.52. The molecule has 0 unspecified atom stereocenters. The number of ether oxygens (including phenoxy) is 2. The van der Waals surface area contributed by atoms with Crippen LogP contribution in [0.2, 0.25) is 0 Å². The predicted molar refractivity (Wildman–Crippen MR) is 141 cm³/mol. The van der Waals surface area contributed by atoms with E-state index in [9.17, 15) is 0 Å². The van der Waals surface area contributed by atoms with Gasteiger partial charge >= 0.3 is 0 Å². The van der Waals surface area contributed by atoms with E-state index in [1.807, 2.05) is 31.4 Å². The molecule has 0 spiro atoms. The normalized spacial score (nSPS) is 14.5. The molecule has 0 bridgehead atoms. The molecular formula is C23H35IN6O2. The van der Waals surface area contributed by atoms with Gasteiger partial charge in [0.1, 0.15) is 17.3 Å². The Kier molecular flexibility index (Phi) is 10.3. The number of nitrogens with one attached hydrogen (secondary N) is 1. The molecule has 0 aliphatic carbocycles. The Balaban J connectivity index is 0.00000363. The van der Waals surface area contributed by atoms with Gasteiger partial charge in [0.15, 0.2) is 5.96 Å². The summed E-state index contributed by atoms with van der Waals surface area (Å²) in [5, 5.41) is 3.42. The topological polar surface area (TPSA) is 65.5 Å². The molecule has 0 atom stereocenters. The molecule has 1 fully saturated rings. The summed E-state index contributed by atoms with van der Waals surface area (Å²) in [6.45, 7) is 5.51. The van der Waals surface area contributed by atoms with E-state index in [0.29, 0.717) is 13.1 Å². The van der Waals surface area contributed by atoms with Gasteiger partial charge in [0, 0.05) is 71.2 Å². The van der Waals surface area contributed by atoms with Crippen LogP contribution >= 0.6 is 24.0 Å². The SMILES string of the molecule is CN=C(NCc1ccc(N2CCN(C)CC2)nc1)N(C)Cc1ccc(OC)cc1OC.I. The van der Waals surface area contributed by atoms with Gasteiger partial charge in [-0.1, -0.05) is 6.07 Å². The van der Waals surface area contributed by atoms with Gasteiger partial charge in [-0.05, 0) is 30.8 Å². The van der Waals surface area contributed by atoms with Crippen molar-refractivity contribution in [3.05, 3.63) is 47.7 Å². The molecular weight excluding hydrogens is 519 g/mol. The van der Waals surface area contributed by atoms with Crippen molar-refractivity contribution in [1.29, 1.82) is 0 Å². The van der Waals surface area contributed by atoms with Crippen LogP contribution in [0.15, 0.2) is 41.5 Å². The molecule has 2 heterocycles. The first-order valence-electron chi connectivity index (χ1n) is 10.5. The van der Waals surface area contributed by atoms with Crippen molar-refractivity contribution in [3.63, 3.8) is 0 Å². The van der Waals surface area contributed by atoms with E-state index in [4.69, 9.17) is 9.47 Å². The monoisotopic (exact) mass is 554 g/mol. The molecule has 3 rings (SSSR count). The van der Waals surface area contributed by atoms with Crippen molar-refractivity contribution < 1.29 is 9.47 Å². The van der Waals surface area contributed by atoms with Crippen molar-refractivity contribution in [2.75, 3.05) is 66.4 Å². The maximum Gasteiger partial charge on any atom is 0.193 e. The average Bonchev–Trinajstić information content (AvgIpc) is 2.80. The summed E-state index contributed by atoms with van der Waals surface area (Å²) in [5.41, 5.74) is 2.18. The minimum absolute atomic E-state index is 0. The van der Waals surface area contributed by atoms with Crippen LogP contribution in [-0.4, -0.2) is 82.3 Å². The summed E-state index contributed by atoms with van der Waals surface area (Å²) in [6.07, 6.45) is 1.94. The number of aromatic nitrogens is 1. The number of pyridine rings is 1. The number of anilines is 1. The second-order valence-electron chi connectivity index (χ2n) is 7.75. The Morgan fingerprint density at radius 2 is 1.88 bits per heavy atom. The fourth-order valence-corrected chi connectivity index (χ4v) is 3.62. The molecule has 1 aromatic heterocycles. The lowest BCUT2D eigenvalue weighted by molar-refractivity contribution is 0.312. The van der Waals surface area contributed by atoms with Crippen molar-refractivity contribution in [1.82, 2.24) is 20.1 Å². The van der Waals surface area contributed by atoms with Gasteiger partial charge in [-0.2, -0.15) is 0 Å². The van der Waals surface area contributed by atoms with Gasteiger partial charge in [-0.3, -0.25) is 4.99 Å². The summed E-state index contributed by atoms with van der Waals surface area (Å²) < 4.78 is 10.8. The fourth-order valence-electron chi connectivity index (χ4n) is 3.62. The minimum Gasteiger partial charge on any atom is -0.497 e. The number of halogens is 1. The molecule has 1 aliphatic rings. The number of guanidine groups is 1. The number of hydrogen-bond acceptors (Lipinski definition) is 6. The lowest BCUT2D eigenvalue weighted by Crippen LogP contribution is -2.44. The highest BCUT2D eigenvalue weighted by atomic mass is 127. The van der Waals surface area contributed by atoms with E-state index in [-0.39, 0.29) is 24.0 Å². The molecule has 0 amide bonds. The molecule has 0 radical (unpaired) electrons. The first kappa shape index (κ1) is 26.0. The number of hydrogen-bond donors (Lipinski definition) is 1. The first-order chi connectivity index (χ1) is 15.0. The number of likely N-dealkylation sites (N-methyl/N-ethyl adjacent to an activating group) is 1. The standard InChI is InChI=1S/C23H34N6O2.HI/c1-24-23(28(3)17-19-7-8-20(30-4)14-21(19)31-5)26-16-18-6-9-22(25-15-18)29-12-10-27(2)11-13-29;/h6-9,14-15H,10-13,16-17H2,1-5H3,(H,24,26);1H. The largest absolute Gasteiger partial charge is 0.497 e. The van der Waals surface area contributed by atoms with Gasteiger partial charge in [-0.25, -0.2) is 4.98 Å². The summed E-state index contributed by atoms with van der Waals surface area (Å²) in [4.78, 5) is 15.8. The molecule has 1 saturated heterocycles. The quantitative estimate of drug-likeness (QED) is 0.321. The van der Waals surface area contributed by atoms with Gasteiger partial charge in [0.05, 0.1) is 14.2 Å². The Hall–Kier alpha value is -2.27. The van der Waals surface area contributed by atoms with Crippen LogP contribution in [0, 0.1) is 0 Å². The van der Waals surface area contributed by atoms with E-state index in [1.54, 1.807) is 21.3 Å². The highest BCUT2D eigenvalue weighted by Crippen LogP contribution is 2.25. The van der Waals surface area contributed by atoms with Gasteiger partial charge in [0.2, 0.25) is 0 Å². The molecule has 32 heavy (non-hydrogen) atoms. The Bertz CT molecular complexity index is 869. The van der Waals surface area contributed by atoms with E-state index >= 15 is 0 Å². The molecule has 8 nitrogen and oxygen atoms in total. The third-order valence-corrected chi connectivity index (χ3v) is 5.56. The molecule has 2 aromatic rings. The third-order valence-electron chi connectivity index (χ3n) is 5.56. The molecule has 1 aliphatic heterocycles. The summed E-state index contributed by atoms with van der Waals surface area (Å²) in [7, 11) is 9.28. The highest BCUT2D eigenvalue weighted by Gasteiger charge is 2.15.